The van der Waals surface area contributed by atoms with Crippen LogP contribution >= 0.6 is 22.7 Å². The first-order valence-electron chi connectivity index (χ1n) is 31.1. The molecule has 0 radical (unpaired) electrons. The van der Waals surface area contributed by atoms with Gasteiger partial charge in [-0.3, -0.25) is 0 Å². The highest BCUT2D eigenvalue weighted by atomic mass is 32.1. The number of unbranched alkanes of at least 4 members (excludes halogenated alkanes) is 12. The van der Waals surface area contributed by atoms with Gasteiger partial charge in [0, 0.05) is 21.1 Å². The predicted octanol–water partition coefficient (Wildman–Crippen LogP) is 22.0. The van der Waals surface area contributed by atoms with Crippen LogP contribution in [0.5, 0.6) is 17.2 Å². The number of hydrogen-bond acceptors (Lipinski definition) is 6. The Morgan fingerprint density at radius 1 is 0.366 bits per heavy atom. The lowest BCUT2D eigenvalue weighted by Crippen LogP contribution is -2.30. The van der Waals surface area contributed by atoms with E-state index in [-0.39, 0.29) is 0 Å². The van der Waals surface area contributed by atoms with E-state index in [0.717, 1.165) is 60.9 Å². The molecule has 0 saturated heterocycles. The fraction of sp³-hybridized carbons (Fsp3) is 0.342. The summed E-state index contributed by atoms with van der Waals surface area (Å²) in [5.74, 6) is 2.75. The number of aryl methyl sites for hydroxylation is 1. The zero-order chi connectivity index (χ0) is 56.1. The Kier molecular flexibility index (Phi) is 18.8. The molecule has 0 amide bonds. The topological polar surface area (TPSA) is 30.9 Å². The molecule has 0 aliphatic heterocycles. The molecule has 0 N–H and O–H groups in total. The fourth-order valence-electron chi connectivity index (χ4n) is 13.0. The van der Waals surface area contributed by atoms with E-state index < -0.39 is 10.8 Å². The molecule has 0 fully saturated rings. The average molecular weight is 1120 g/mol. The van der Waals surface area contributed by atoms with Gasteiger partial charge >= 0.3 is 0 Å². The first-order valence-corrected chi connectivity index (χ1v) is 32.8. The third-order valence-corrected chi connectivity index (χ3v) is 19.4. The number of fused-ring (bicyclic) bond motifs is 6. The van der Waals surface area contributed by atoms with Gasteiger partial charge in [0.2, 0.25) is 0 Å². The molecule has 2 heterocycles. The Bertz CT molecular complexity index is 3340. The molecule has 1 unspecified atom stereocenters. The molecule has 2 aliphatic carbocycles. The molecule has 1 atom stereocenters. The molecule has 0 saturated carbocycles. The van der Waals surface area contributed by atoms with Crippen LogP contribution in [0.1, 0.15) is 180 Å². The number of hydrogen-bond donors (Lipinski definition) is 0. The second-order valence-electron chi connectivity index (χ2n) is 22.7. The van der Waals surface area contributed by atoms with E-state index in [2.05, 4.69) is 220 Å². The molecule has 0 spiro atoms. The maximum atomic E-state index is 6.51. The van der Waals surface area contributed by atoms with E-state index >= 15 is 0 Å². The monoisotopic (exact) mass is 1120 g/mol. The minimum Gasteiger partial charge on any atom is -0.494 e. The highest BCUT2D eigenvalue weighted by molar-refractivity contribution is 7.20. The van der Waals surface area contributed by atoms with Crippen molar-refractivity contribution >= 4 is 39.0 Å². The van der Waals surface area contributed by atoms with Gasteiger partial charge in [-0.1, -0.05) is 202 Å². The highest BCUT2D eigenvalue weighted by Crippen LogP contribution is 2.66. The minimum atomic E-state index is -0.703. The number of rotatable bonds is 30. The largest absolute Gasteiger partial charge is 0.494 e. The fourth-order valence-corrected chi connectivity index (χ4v) is 15.3. The molecule has 9 aromatic rings. The third kappa shape index (κ3) is 11.5. The molecular formula is C76H83NO3S2. The summed E-state index contributed by atoms with van der Waals surface area (Å²) in [4.78, 5) is 5.07. The van der Waals surface area contributed by atoms with E-state index in [1.807, 2.05) is 22.7 Å². The van der Waals surface area contributed by atoms with E-state index in [9.17, 15) is 0 Å². The zero-order valence-corrected chi connectivity index (χ0v) is 50.7. The first-order chi connectivity index (χ1) is 40.5. The maximum absolute atomic E-state index is 6.51. The van der Waals surface area contributed by atoms with Gasteiger partial charge in [0.05, 0.1) is 30.7 Å². The van der Waals surface area contributed by atoms with Crippen molar-refractivity contribution in [1.82, 2.24) is 0 Å². The van der Waals surface area contributed by atoms with Crippen molar-refractivity contribution in [2.45, 2.75) is 148 Å². The normalized spacial score (nSPS) is 14.5. The van der Waals surface area contributed by atoms with Crippen LogP contribution in [0, 0.1) is 0 Å². The minimum absolute atomic E-state index is 0.585. The summed E-state index contributed by atoms with van der Waals surface area (Å²) >= 11 is 3.79. The smallest absolute Gasteiger partial charge is 0.119 e. The zero-order valence-electron chi connectivity index (χ0n) is 49.0. The van der Waals surface area contributed by atoms with Crippen molar-refractivity contribution in [3.63, 3.8) is 0 Å². The Labute approximate surface area is 498 Å². The van der Waals surface area contributed by atoms with Gasteiger partial charge in [-0.05, 0) is 184 Å². The summed E-state index contributed by atoms with van der Waals surface area (Å²) in [6.45, 7) is 11.2. The Morgan fingerprint density at radius 2 is 0.768 bits per heavy atom. The van der Waals surface area contributed by atoms with Crippen molar-refractivity contribution in [3.8, 4) is 38.1 Å². The van der Waals surface area contributed by atoms with Crippen LogP contribution in [0.2, 0.25) is 0 Å². The third-order valence-electron chi connectivity index (χ3n) is 17.3. The van der Waals surface area contributed by atoms with Gasteiger partial charge in [-0.2, -0.15) is 0 Å². The summed E-state index contributed by atoms with van der Waals surface area (Å²) in [6.07, 6.45) is 20.1. The Balaban J connectivity index is 1.14. The van der Waals surface area contributed by atoms with E-state index in [1.165, 1.54) is 159 Å². The molecule has 2 aromatic heterocycles. The van der Waals surface area contributed by atoms with Crippen LogP contribution in [-0.2, 0) is 17.3 Å². The number of benzene rings is 7. The number of nitrogens with zero attached hydrogens (tertiary/aromatic N) is 1. The summed E-state index contributed by atoms with van der Waals surface area (Å²) in [5, 5.41) is 3.49. The lowest BCUT2D eigenvalue weighted by atomic mass is 9.66. The van der Waals surface area contributed by atoms with Crippen LogP contribution in [-0.4, -0.2) is 19.8 Å². The van der Waals surface area contributed by atoms with Gasteiger partial charge in [0.15, 0.2) is 0 Å². The maximum Gasteiger partial charge on any atom is 0.119 e. The van der Waals surface area contributed by atoms with Crippen molar-refractivity contribution < 1.29 is 14.2 Å². The van der Waals surface area contributed by atoms with Crippen molar-refractivity contribution in [3.05, 3.63) is 237 Å². The number of anilines is 3. The standard InChI is InChI=1S/C76H83NO3S2/c1-5-9-13-19-27-56-32-34-57(35-33-56)75(58-36-42-63(43-37-58)78-49-24-14-10-6-2)68-48-52-81-73(68)66-53-70-67(54-69(66)75)74-71(55-72(82-74)77(61-28-20-17-21-29-61)62-30-22-18-23-31-62)76(70,59-38-44-64(45-39-59)79-50-25-15-11-7-3)60-40-46-65(47-41-60)80-51-26-16-12-8-4/h17-18,20-23,28-48,52-55H,5-16,19,24-27,49-51H2,1-4H3. The molecule has 4 nitrogen and oxygen atoms in total. The van der Waals surface area contributed by atoms with E-state index in [0.29, 0.717) is 13.2 Å². The van der Waals surface area contributed by atoms with Crippen LogP contribution in [0.25, 0.3) is 20.9 Å². The predicted molar refractivity (Wildman–Crippen MR) is 348 cm³/mol. The average Bonchev–Trinajstić information content (AvgIpc) is 1.75. The quantitative estimate of drug-likeness (QED) is 0.0420. The second-order valence-corrected chi connectivity index (χ2v) is 24.7. The van der Waals surface area contributed by atoms with Gasteiger partial charge in [-0.25, -0.2) is 0 Å². The Hall–Kier alpha value is -6.86. The number of para-hydroxylation sites is 2. The summed E-state index contributed by atoms with van der Waals surface area (Å²) in [7, 11) is 0. The van der Waals surface area contributed by atoms with Crippen LogP contribution in [0.15, 0.2) is 187 Å². The van der Waals surface area contributed by atoms with Crippen LogP contribution in [0.4, 0.5) is 16.4 Å². The lowest BCUT2D eigenvalue weighted by molar-refractivity contribution is 0.304. The van der Waals surface area contributed by atoms with Crippen molar-refractivity contribution in [1.29, 1.82) is 0 Å². The van der Waals surface area contributed by atoms with Crippen LogP contribution < -0.4 is 19.1 Å². The molecule has 11 rings (SSSR count). The molecule has 0 bridgehead atoms. The molecule has 422 valence electrons. The van der Waals surface area contributed by atoms with Crippen molar-refractivity contribution in [2.24, 2.45) is 0 Å². The van der Waals surface area contributed by atoms with Crippen molar-refractivity contribution in [2.75, 3.05) is 24.7 Å². The SMILES string of the molecule is CCCCCCOc1ccc(C2(c3ccc(CCCCCC)cc3)c3cc4c(cc3-c3sccc32)C(c2ccc(OCCCCCC)cc2)(c2ccc(OCCCCCC)cc2)c2cc(N(c3ccccc3)c3ccccc3)sc2-4)cc1. The second kappa shape index (κ2) is 27.0. The van der Waals surface area contributed by atoms with Gasteiger partial charge in [-0.15, -0.1) is 22.7 Å². The van der Waals surface area contributed by atoms with Gasteiger partial charge in [0.25, 0.3) is 0 Å². The van der Waals surface area contributed by atoms with E-state index in [1.54, 1.807) is 0 Å². The summed E-state index contributed by atoms with van der Waals surface area (Å²) < 4.78 is 19.5. The molecule has 2 aliphatic rings. The highest BCUT2D eigenvalue weighted by Gasteiger charge is 2.53. The lowest BCUT2D eigenvalue weighted by Gasteiger charge is -2.35. The molecule has 6 heteroatoms. The summed E-state index contributed by atoms with van der Waals surface area (Å²) in [6, 6.07) is 69.2. The number of thiophene rings is 2. The van der Waals surface area contributed by atoms with Gasteiger partial charge < -0.3 is 19.1 Å². The van der Waals surface area contributed by atoms with E-state index in [4.69, 9.17) is 14.2 Å². The van der Waals surface area contributed by atoms with Gasteiger partial charge in [0.1, 0.15) is 22.2 Å². The number of ether oxygens (including phenoxy) is 3. The van der Waals surface area contributed by atoms with Crippen LogP contribution in [0.3, 0.4) is 0 Å². The summed E-state index contributed by atoms with van der Waals surface area (Å²) in [5.41, 5.74) is 15.2. The molecule has 82 heavy (non-hydrogen) atoms. The first kappa shape index (κ1) is 57.0. The molecular weight excluding hydrogens is 1040 g/mol. The molecule has 7 aromatic carbocycles. The Morgan fingerprint density at radius 3 is 1.21 bits per heavy atom.